The molecule has 0 radical (unpaired) electrons. The molecule has 0 atom stereocenters. The van der Waals surface area contributed by atoms with Gasteiger partial charge in [-0.05, 0) is 41.5 Å². The maximum Gasteiger partial charge on any atom is 0.182 e. The van der Waals surface area contributed by atoms with E-state index in [9.17, 15) is 4.79 Å². The van der Waals surface area contributed by atoms with Crippen LogP contribution in [0, 0.1) is 0 Å². The summed E-state index contributed by atoms with van der Waals surface area (Å²) < 4.78 is 0. The largest absolute Gasteiger partial charge is 0.386 e. The molecule has 2 N–H and O–H groups in total. The van der Waals surface area contributed by atoms with Crippen LogP contribution >= 0.6 is 0 Å². The van der Waals surface area contributed by atoms with E-state index in [0.29, 0.717) is 12.1 Å². The molecule has 3 heteroatoms. The predicted octanol–water partition coefficient (Wildman–Crippen LogP) is 2.36. The van der Waals surface area contributed by atoms with Gasteiger partial charge in [-0.15, -0.1) is 0 Å². The highest BCUT2D eigenvalue weighted by Gasteiger charge is 1.99. The van der Waals surface area contributed by atoms with Crippen LogP contribution in [0.1, 0.15) is 41.5 Å². The topological polar surface area (TPSA) is 41.1 Å². The molecule has 0 aromatic heterocycles. The lowest BCUT2D eigenvalue weighted by atomic mass is 10.2. The van der Waals surface area contributed by atoms with E-state index in [-0.39, 0.29) is 5.78 Å². The summed E-state index contributed by atoms with van der Waals surface area (Å²) >= 11 is 0. The molecule has 0 aromatic rings. The van der Waals surface area contributed by atoms with Crippen LogP contribution in [-0.4, -0.2) is 17.9 Å². The molecule has 16 heavy (non-hydrogen) atoms. The van der Waals surface area contributed by atoms with Gasteiger partial charge < -0.3 is 10.6 Å². The second kappa shape index (κ2) is 7.09. The summed E-state index contributed by atoms with van der Waals surface area (Å²) in [7, 11) is 0. The van der Waals surface area contributed by atoms with E-state index in [0.717, 1.165) is 11.4 Å². The van der Waals surface area contributed by atoms with Gasteiger partial charge in [-0.25, -0.2) is 0 Å². The second-order valence-corrected chi connectivity index (χ2v) is 4.66. The van der Waals surface area contributed by atoms with Gasteiger partial charge in [0.25, 0.3) is 0 Å². The Bertz CT molecular complexity index is 260. The fourth-order valence-electron chi connectivity index (χ4n) is 1.46. The third-order valence-corrected chi connectivity index (χ3v) is 1.75. The maximum absolute atomic E-state index is 11.6. The first-order valence-electron chi connectivity index (χ1n) is 5.75. The minimum atomic E-state index is 0.0105. The van der Waals surface area contributed by atoms with Gasteiger partial charge in [-0.2, -0.15) is 0 Å². The average molecular weight is 224 g/mol. The van der Waals surface area contributed by atoms with Crippen molar-refractivity contribution in [2.24, 2.45) is 0 Å². The molecule has 3 nitrogen and oxygen atoms in total. The lowest BCUT2D eigenvalue weighted by Crippen LogP contribution is -2.22. The molecule has 0 aliphatic heterocycles. The Balaban J connectivity index is 4.36. The van der Waals surface area contributed by atoms with Crippen molar-refractivity contribution in [1.82, 2.24) is 10.6 Å². The smallest absolute Gasteiger partial charge is 0.182 e. The molecule has 0 saturated heterocycles. The Morgan fingerprint density at radius 3 is 1.44 bits per heavy atom. The van der Waals surface area contributed by atoms with Gasteiger partial charge in [0.15, 0.2) is 5.78 Å². The number of carbonyl (C=O) groups is 1. The van der Waals surface area contributed by atoms with Crippen LogP contribution in [0.4, 0.5) is 0 Å². The monoisotopic (exact) mass is 224 g/mol. The highest BCUT2D eigenvalue weighted by molar-refractivity contribution is 5.99. The summed E-state index contributed by atoms with van der Waals surface area (Å²) in [6, 6.07) is 0.700. The normalized spacial score (nSPS) is 13.2. The Kier molecular flexibility index (Phi) is 6.54. The highest BCUT2D eigenvalue weighted by Crippen LogP contribution is 1.95. The molecule has 0 amide bonds. The third-order valence-electron chi connectivity index (χ3n) is 1.75. The van der Waals surface area contributed by atoms with Crippen LogP contribution in [0.2, 0.25) is 0 Å². The van der Waals surface area contributed by atoms with Gasteiger partial charge in [0.05, 0.1) is 0 Å². The average Bonchev–Trinajstić information content (AvgIpc) is 1.97. The molecule has 0 aliphatic carbocycles. The van der Waals surface area contributed by atoms with Crippen molar-refractivity contribution >= 4 is 5.78 Å². The maximum atomic E-state index is 11.6. The minimum Gasteiger partial charge on any atom is -0.386 e. The number of ketones is 1. The van der Waals surface area contributed by atoms with Gasteiger partial charge in [0.2, 0.25) is 0 Å². The number of hydrogen-bond donors (Lipinski definition) is 2. The summed E-state index contributed by atoms with van der Waals surface area (Å²) in [5.41, 5.74) is 1.79. The third kappa shape index (κ3) is 8.09. The standard InChI is InChI=1S/C13H24N2O/c1-9(2)14-11(5)7-13(16)8-12(6)15-10(3)4/h7-10,14-15H,1-6H3/b11-7+,12-8+. The summed E-state index contributed by atoms with van der Waals surface area (Å²) in [5, 5.41) is 6.36. The van der Waals surface area contributed by atoms with Crippen LogP contribution in [0.5, 0.6) is 0 Å². The van der Waals surface area contributed by atoms with Crippen LogP contribution in [0.15, 0.2) is 23.5 Å². The van der Waals surface area contributed by atoms with E-state index in [2.05, 4.69) is 10.6 Å². The van der Waals surface area contributed by atoms with Crippen LogP contribution in [-0.2, 0) is 4.79 Å². The molecule has 0 aliphatic rings. The molecule has 0 rings (SSSR count). The fraction of sp³-hybridized carbons (Fsp3) is 0.615. The van der Waals surface area contributed by atoms with Crippen molar-refractivity contribution in [2.45, 2.75) is 53.6 Å². The fourth-order valence-corrected chi connectivity index (χ4v) is 1.46. The van der Waals surface area contributed by atoms with E-state index in [1.54, 1.807) is 12.2 Å². The van der Waals surface area contributed by atoms with E-state index in [1.807, 2.05) is 41.5 Å². The quantitative estimate of drug-likeness (QED) is 0.681. The molecule has 0 unspecified atom stereocenters. The molecule has 0 spiro atoms. The van der Waals surface area contributed by atoms with E-state index in [1.165, 1.54) is 0 Å². The molecule has 0 saturated carbocycles. The van der Waals surface area contributed by atoms with Crippen molar-refractivity contribution in [3.8, 4) is 0 Å². The zero-order valence-electron chi connectivity index (χ0n) is 11.2. The first-order chi connectivity index (χ1) is 7.31. The number of rotatable bonds is 6. The van der Waals surface area contributed by atoms with Crippen molar-refractivity contribution in [3.05, 3.63) is 23.5 Å². The van der Waals surface area contributed by atoms with Crippen LogP contribution in [0.25, 0.3) is 0 Å². The Morgan fingerprint density at radius 1 is 0.875 bits per heavy atom. The van der Waals surface area contributed by atoms with Gasteiger partial charge >= 0.3 is 0 Å². The van der Waals surface area contributed by atoms with Crippen LogP contribution < -0.4 is 10.6 Å². The van der Waals surface area contributed by atoms with Gasteiger partial charge in [-0.3, -0.25) is 4.79 Å². The predicted molar refractivity (Wildman–Crippen MR) is 69.1 cm³/mol. The number of nitrogens with one attached hydrogen (secondary N) is 2. The van der Waals surface area contributed by atoms with E-state index in [4.69, 9.17) is 0 Å². The molecule has 0 bridgehead atoms. The Hall–Kier alpha value is -1.25. The summed E-state index contributed by atoms with van der Waals surface area (Å²) in [6.45, 7) is 12.0. The van der Waals surface area contributed by atoms with E-state index >= 15 is 0 Å². The summed E-state index contributed by atoms with van der Waals surface area (Å²) in [5.74, 6) is 0.0105. The second-order valence-electron chi connectivity index (χ2n) is 4.66. The zero-order chi connectivity index (χ0) is 12.7. The van der Waals surface area contributed by atoms with E-state index < -0.39 is 0 Å². The zero-order valence-corrected chi connectivity index (χ0v) is 11.2. The molecule has 92 valence electrons. The minimum absolute atomic E-state index is 0.0105. The van der Waals surface area contributed by atoms with Gasteiger partial charge in [-0.1, -0.05) is 0 Å². The summed E-state index contributed by atoms with van der Waals surface area (Å²) in [4.78, 5) is 11.6. The van der Waals surface area contributed by atoms with Gasteiger partial charge in [0.1, 0.15) is 0 Å². The molecule has 0 aromatic carbocycles. The Labute approximate surface area is 99.0 Å². The number of hydrogen-bond acceptors (Lipinski definition) is 3. The van der Waals surface area contributed by atoms with Gasteiger partial charge in [0, 0.05) is 35.6 Å². The summed E-state index contributed by atoms with van der Waals surface area (Å²) in [6.07, 6.45) is 3.23. The number of allylic oxidation sites excluding steroid dienone is 4. The first kappa shape index (κ1) is 14.8. The van der Waals surface area contributed by atoms with Crippen molar-refractivity contribution in [2.75, 3.05) is 0 Å². The molecular formula is C13H24N2O. The highest BCUT2D eigenvalue weighted by atomic mass is 16.1. The molecular weight excluding hydrogens is 200 g/mol. The SMILES string of the molecule is C/C(=C\C(=O)/C=C(\C)NC(C)C)NC(C)C. The van der Waals surface area contributed by atoms with Crippen molar-refractivity contribution in [3.63, 3.8) is 0 Å². The van der Waals surface area contributed by atoms with Crippen LogP contribution in [0.3, 0.4) is 0 Å². The van der Waals surface area contributed by atoms with Crippen molar-refractivity contribution in [1.29, 1.82) is 0 Å². The molecule has 0 fully saturated rings. The number of carbonyl (C=O) groups excluding carboxylic acids is 1. The first-order valence-corrected chi connectivity index (χ1v) is 5.75. The molecule has 0 heterocycles. The van der Waals surface area contributed by atoms with Crippen molar-refractivity contribution < 1.29 is 4.79 Å². The lowest BCUT2D eigenvalue weighted by molar-refractivity contribution is -0.110. The lowest BCUT2D eigenvalue weighted by Gasteiger charge is -2.10. The Morgan fingerprint density at radius 2 is 1.19 bits per heavy atom.